The number of fused-ring (bicyclic) bond motifs is 1. The molecule has 2 aliphatic heterocycles. The van der Waals surface area contributed by atoms with Gasteiger partial charge in [0.1, 0.15) is 11.6 Å². The number of carbonyl (C=O) groups excluding carboxylic acids is 1. The molecule has 1 aromatic heterocycles. The molecule has 2 aromatic carbocycles. The lowest BCUT2D eigenvalue weighted by molar-refractivity contribution is -0.123. The highest BCUT2D eigenvalue weighted by Gasteiger charge is 2.28. The van der Waals surface area contributed by atoms with Crippen molar-refractivity contribution < 1.29 is 14.6 Å². The van der Waals surface area contributed by atoms with Crippen molar-refractivity contribution in [2.24, 2.45) is 5.92 Å². The minimum atomic E-state index is 0.0985. The molecule has 7 nitrogen and oxygen atoms in total. The van der Waals surface area contributed by atoms with Gasteiger partial charge < -0.3 is 20.1 Å². The fraction of sp³-hybridized carbons (Fsp3) is 0.423. The van der Waals surface area contributed by atoms with Crippen LogP contribution in [0.1, 0.15) is 31.2 Å². The topological polar surface area (TPSA) is 87.6 Å². The van der Waals surface area contributed by atoms with Gasteiger partial charge in [-0.05, 0) is 61.9 Å². The first-order valence-corrected chi connectivity index (χ1v) is 11.8. The summed E-state index contributed by atoms with van der Waals surface area (Å²) in [7, 11) is 0. The van der Waals surface area contributed by atoms with Crippen molar-refractivity contribution in [3.8, 4) is 17.1 Å². The van der Waals surface area contributed by atoms with Crippen molar-refractivity contribution in [3.05, 3.63) is 48.0 Å². The molecule has 0 spiro atoms. The van der Waals surface area contributed by atoms with E-state index < -0.39 is 0 Å². The summed E-state index contributed by atoms with van der Waals surface area (Å²) in [5.74, 6) is 2.07. The molecular formula is C26H30N4O3. The van der Waals surface area contributed by atoms with Gasteiger partial charge in [-0.25, -0.2) is 9.97 Å². The van der Waals surface area contributed by atoms with Crippen LogP contribution in [-0.2, 0) is 9.53 Å². The van der Waals surface area contributed by atoms with Crippen molar-refractivity contribution in [2.75, 3.05) is 31.2 Å². The Morgan fingerprint density at radius 3 is 2.79 bits per heavy atom. The summed E-state index contributed by atoms with van der Waals surface area (Å²) in [4.78, 5) is 24.5. The van der Waals surface area contributed by atoms with Gasteiger partial charge in [-0.15, -0.1) is 0 Å². The molecule has 0 aliphatic carbocycles. The molecule has 172 valence electrons. The lowest BCUT2D eigenvalue weighted by atomic mass is 9.96. The summed E-state index contributed by atoms with van der Waals surface area (Å²) in [6.45, 7) is 5.08. The number of aromatic hydroxyl groups is 1. The third kappa shape index (κ3) is 4.78. The number of hydrogen-bond donors (Lipinski definition) is 2. The van der Waals surface area contributed by atoms with E-state index in [4.69, 9.17) is 14.7 Å². The number of aryl methyl sites for hydroxylation is 1. The monoisotopic (exact) mass is 446 g/mol. The maximum atomic E-state index is 12.6. The van der Waals surface area contributed by atoms with E-state index in [1.165, 1.54) is 0 Å². The Hall–Kier alpha value is -3.19. The number of nitrogens with zero attached hydrogens (tertiary/aromatic N) is 3. The van der Waals surface area contributed by atoms with Gasteiger partial charge in [0.15, 0.2) is 5.82 Å². The highest BCUT2D eigenvalue weighted by Crippen LogP contribution is 2.33. The van der Waals surface area contributed by atoms with Gasteiger partial charge in [0.2, 0.25) is 5.91 Å². The number of rotatable bonds is 5. The normalized spacial score (nSPS) is 19.2. The number of carbonyl (C=O) groups is 1. The second-order valence-corrected chi connectivity index (χ2v) is 9.17. The Bertz CT molecular complexity index is 1160. The highest BCUT2D eigenvalue weighted by atomic mass is 16.5. The highest BCUT2D eigenvalue weighted by molar-refractivity contribution is 5.92. The van der Waals surface area contributed by atoms with Crippen LogP contribution in [-0.4, -0.2) is 53.3 Å². The van der Waals surface area contributed by atoms with E-state index in [-0.39, 0.29) is 17.7 Å². The molecule has 2 aliphatic rings. The number of phenols is 1. The van der Waals surface area contributed by atoms with Crippen LogP contribution < -0.4 is 10.2 Å². The fourth-order valence-corrected chi connectivity index (χ4v) is 4.82. The van der Waals surface area contributed by atoms with E-state index in [0.717, 1.165) is 61.3 Å². The summed E-state index contributed by atoms with van der Waals surface area (Å²) in [5.41, 5.74) is 2.59. The van der Waals surface area contributed by atoms with Gasteiger partial charge in [0.25, 0.3) is 0 Å². The minimum Gasteiger partial charge on any atom is -0.507 e. The van der Waals surface area contributed by atoms with Crippen LogP contribution in [0.15, 0.2) is 42.5 Å². The molecule has 0 saturated carbocycles. The third-order valence-corrected chi connectivity index (χ3v) is 6.65. The molecule has 3 aromatic rings. The van der Waals surface area contributed by atoms with E-state index in [1.807, 2.05) is 25.1 Å². The van der Waals surface area contributed by atoms with E-state index in [1.54, 1.807) is 12.1 Å². The van der Waals surface area contributed by atoms with Crippen molar-refractivity contribution in [2.45, 2.75) is 38.6 Å². The lowest BCUT2D eigenvalue weighted by Crippen LogP contribution is -2.38. The molecular weight excluding hydrogens is 416 g/mol. The summed E-state index contributed by atoms with van der Waals surface area (Å²) < 4.78 is 5.40. The van der Waals surface area contributed by atoms with Crippen LogP contribution in [0.4, 0.5) is 5.82 Å². The van der Waals surface area contributed by atoms with Gasteiger partial charge in [-0.1, -0.05) is 18.2 Å². The number of anilines is 1. The Labute approximate surface area is 193 Å². The molecule has 33 heavy (non-hydrogen) atoms. The first kappa shape index (κ1) is 21.6. The Kier molecular flexibility index (Phi) is 6.13. The van der Waals surface area contributed by atoms with Crippen molar-refractivity contribution >= 4 is 22.6 Å². The smallest absolute Gasteiger partial charge is 0.220 e. The molecule has 3 heterocycles. The van der Waals surface area contributed by atoms with E-state index >= 15 is 0 Å². The first-order valence-electron chi connectivity index (χ1n) is 11.8. The van der Waals surface area contributed by atoms with Gasteiger partial charge in [-0.3, -0.25) is 4.79 Å². The zero-order valence-corrected chi connectivity index (χ0v) is 19.0. The van der Waals surface area contributed by atoms with Crippen molar-refractivity contribution in [1.29, 1.82) is 0 Å². The van der Waals surface area contributed by atoms with Crippen LogP contribution >= 0.6 is 0 Å². The van der Waals surface area contributed by atoms with Gasteiger partial charge in [0.05, 0.1) is 11.1 Å². The van der Waals surface area contributed by atoms with Crippen LogP contribution in [0, 0.1) is 12.8 Å². The number of benzene rings is 2. The van der Waals surface area contributed by atoms with E-state index in [2.05, 4.69) is 22.3 Å². The molecule has 1 unspecified atom stereocenters. The third-order valence-electron chi connectivity index (χ3n) is 6.65. The zero-order chi connectivity index (χ0) is 22.8. The maximum Gasteiger partial charge on any atom is 0.220 e. The number of ether oxygens (including phenoxy) is 1. The number of para-hydroxylation sites is 1. The average molecular weight is 447 g/mol. The molecule has 1 amide bonds. The number of nitrogens with one attached hydrogen (secondary N) is 1. The summed E-state index contributed by atoms with van der Waals surface area (Å²) in [5, 5.41) is 14.6. The second kappa shape index (κ2) is 9.35. The largest absolute Gasteiger partial charge is 0.507 e. The zero-order valence-electron chi connectivity index (χ0n) is 19.0. The number of hydrogen-bond acceptors (Lipinski definition) is 6. The van der Waals surface area contributed by atoms with Crippen LogP contribution in [0.5, 0.6) is 5.75 Å². The molecule has 0 bridgehead atoms. The second-order valence-electron chi connectivity index (χ2n) is 9.17. The molecule has 2 fully saturated rings. The summed E-state index contributed by atoms with van der Waals surface area (Å²) in [6.07, 6.45) is 3.38. The van der Waals surface area contributed by atoms with E-state index in [9.17, 15) is 9.90 Å². The molecule has 7 heteroatoms. The molecule has 2 saturated heterocycles. The average Bonchev–Trinajstić information content (AvgIpc) is 3.27. The minimum absolute atomic E-state index is 0.0985. The lowest BCUT2D eigenvalue weighted by Gasteiger charge is -2.23. The standard InChI is InChI=1S/C26H30N4O3/c1-17-6-7-20-22(14-17)28-25(21-4-2-3-5-23(21)31)29-26(20)30-11-8-19(16-30)27-24(32)15-18-9-12-33-13-10-18/h2-7,14,18-19,31H,8-13,15-16H2,1H3,(H,27,32). The predicted octanol–water partition coefficient (Wildman–Crippen LogP) is 3.82. The maximum absolute atomic E-state index is 12.6. The van der Waals surface area contributed by atoms with Gasteiger partial charge >= 0.3 is 0 Å². The predicted molar refractivity (Wildman–Crippen MR) is 128 cm³/mol. The quantitative estimate of drug-likeness (QED) is 0.620. The summed E-state index contributed by atoms with van der Waals surface area (Å²) in [6, 6.07) is 13.4. The van der Waals surface area contributed by atoms with Gasteiger partial charge in [-0.2, -0.15) is 0 Å². The molecule has 2 N–H and O–H groups in total. The number of amides is 1. The SMILES string of the molecule is Cc1ccc2c(N3CCC(NC(=O)CC4CCOCC4)C3)nc(-c3ccccc3O)nc2c1. The Balaban J connectivity index is 1.38. The van der Waals surface area contributed by atoms with Gasteiger partial charge in [0, 0.05) is 44.2 Å². The van der Waals surface area contributed by atoms with Crippen LogP contribution in [0.3, 0.4) is 0 Å². The molecule has 5 rings (SSSR count). The van der Waals surface area contributed by atoms with Crippen LogP contribution in [0.25, 0.3) is 22.3 Å². The number of aromatic nitrogens is 2. The van der Waals surface area contributed by atoms with E-state index in [0.29, 0.717) is 30.3 Å². The van der Waals surface area contributed by atoms with Crippen LogP contribution in [0.2, 0.25) is 0 Å². The molecule has 1 atom stereocenters. The fourth-order valence-electron chi connectivity index (χ4n) is 4.82. The molecule has 0 radical (unpaired) electrons. The number of phenolic OH excluding ortho intramolecular Hbond substituents is 1. The summed E-state index contributed by atoms with van der Waals surface area (Å²) >= 11 is 0. The Morgan fingerprint density at radius 2 is 1.97 bits per heavy atom. The van der Waals surface area contributed by atoms with Crippen molar-refractivity contribution in [1.82, 2.24) is 15.3 Å². The Morgan fingerprint density at radius 1 is 1.15 bits per heavy atom. The van der Waals surface area contributed by atoms with Crippen molar-refractivity contribution in [3.63, 3.8) is 0 Å². The first-order chi connectivity index (χ1) is 16.1.